The van der Waals surface area contributed by atoms with Gasteiger partial charge in [0.25, 0.3) is 0 Å². The molecule has 1 amide bonds. The van der Waals surface area contributed by atoms with E-state index in [9.17, 15) is 4.79 Å². The van der Waals surface area contributed by atoms with Crippen LogP contribution in [0.25, 0.3) is 0 Å². The molecule has 0 heterocycles. The van der Waals surface area contributed by atoms with Gasteiger partial charge in [0.05, 0.1) is 0 Å². The molecule has 1 aromatic rings. The van der Waals surface area contributed by atoms with E-state index in [4.69, 9.17) is 23.2 Å². The number of halogens is 2. The van der Waals surface area contributed by atoms with Gasteiger partial charge in [-0.2, -0.15) is 0 Å². The SMILES string of the molecule is C=C1CC[C@H](CC(=O)Nc2cc(Cl)cc(Cl)c2)[C@H]1C/C=C\CC. The largest absolute Gasteiger partial charge is 0.326 e. The van der Waals surface area contributed by atoms with E-state index in [1.165, 1.54) is 5.57 Å². The molecular formula is C19H23Cl2NO. The number of carbonyl (C=O) groups excluding carboxylic acids is 1. The van der Waals surface area contributed by atoms with E-state index in [-0.39, 0.29) is 5.91 Å². The standard InChI is InChI=1S/C19H23Cl2NO/c1-3-4-5-6-18-13(2)7-8-14(18)9-19(23)22-17-11-15(20)10-16(21)12-17/h4-5,10-12,14,18H,2-3,6-9H2,1H3,(H,22,23)/b5-4-/t14-,18+/m1/s1. The lowest BCUT2D eigenvalue weighted by molar-refractivity contribution is -0.117. The van der Waals surface area contributed by atoms with Crippen LogP contribution in [0, 0.1) is 11.8 Å². The molecule has 2 rings (SSSR count). The van der Waals surface area contributed by atoms with Gasteiger partial charge in [-0.1, -0.05) is 54.4 Å². The third-order valence-electron chi connectivity index (χ3n) is 4.32. The smallest absolute Gasteiger partial charge is 0.224 e. The third-order valence-corrected chi connectivity index (χ3v) is 4.75. The number of anilines is 1. The van der Waals surface area contributed by atoms with Gasteiger partial charge in [-0.25, -0.2) is 0 Å². The molecule has 124 valence electrons. The van der Waals surface area contributed by atoms with Crippen LogP contribution in [0.5, 0.6) is 0 Å². The van der Waals surface area contributed by atoms with Crippen molar-refractivity contribution in [3.63, 3.8) is 0 Å². The molecule has 23 heavy (non-hydrogen) atoms. The minimum atomic E-state index is 0.00695. The van der Waals surface area contributed by atoms with E-state index in [1.54, 1.807) is 18.2 Å². The van der Waals surface area contributed by atoms with Crippen LogP contribution < -0.4 is 5.32 Å². The molecule has 0 radical (unpaired) electrons. The molecule has 1 aromatic carbocycles. The Hall–Kier alpha value is -1.25. The zero-order valence-corrected chi connectivity index (χ0v) is 15.0. The van der Waals surface area contributed by atoms with Gasteiger partial charge in [0.2, 0.25) is 5.91 Å². The Morgan fingerprint density at radius 2 is 2.00 bits per heavy atom. The zero-order chi connectivity index (χ0) is 16.8. The van der Waals surface area contributed by atoms with Crippen molar-refractivity contribution in [3.05, 3.63) is 52.5 Å². The first-order valence-electron chi connectivity index (χ1n) is 8.08. The second-order valence-electron chi connectivity index (χ2n) is 6.09. The lowest BCUT2D eigenvalue weighted by Gasteiger charge is -2.18. The van der Waals surface area contributed by atoms with E-state index in [2.05, 4.69) is 31.0 Å². The molecule has 0 aliphatic heterocycles. The Balaban J connectivity index is 1.95. The van der Waals surface area contributed by atoms with Crippen LogP contribution >= 0.6 is 23.2 Å². The highest BCUT2D eigenvalue weighted by molar-refractivity contribution is 6.35. The molecule has 1 N–H and O–H groups in total. The highest BCUT2D eigenvalue weighted by atomic mass is 35.5. The summed E-state index contributed by atoms with van der Waals surface area (Å²) in [7, 11) is 0. The number of amides is 1. The predicted octanol–water partition coefficient (Wildman–Crippen LogP) is 6.26. The van der Waals surface area contributed by atoms with Crippen LogP contribution in [0.15, 0.2) is 42.5 Å². The van der Waals surface area contributed by atoms with Crippen molar-refractivity contribution in [3.8, 4) is 0 Å². The van der Waals surface area contributed by atoms with E-state index in [0.29, 0.717) is 34.0 Å². The zero-order valence-electron chi connectivity index (χ0n) is 13.4. The molecule has 0 aromatic heterocycles. The fraction of sp³-hybridized carbons (Fsp3) is 0.421. The molecule has 0 saturated heterocycles. The third kappa shape index (κ3) is 5.40. The Bertz CT molecular complexity index is 589. The van der Waals surface area contributed by atoms with Crippen LogP contribution in [0.2, 0.25) is 10.0 Å². The average Bonchev–Trinajstić information content (AvgIpc) is 2.79. The topological polar surface area (TPSA) is 29.1 Å². The van der Waals surface area contributed by atoms with Crippen LogP contribution in [-0.4, -0.2) is 5.91 Å². The highest BCUT2D eigenvalue weighted by Crippen LogP contribution is 2.40. The first-order chi connectivity index (χ1) is 11.0. The summed E-state index contributed by atoms with van der Waals surface area (Å²) in [6, 6.07) is 5.07. The first-order valence-corrected chi connectivity index (χ1v) is 8.83. The quantitative estimate of drug-likeness (QED) is 0.602. The second kappa shape index (κ2) is 8.56. The van der Waals surface area contributed by atoms with E-state index in [1.807, 2.05) is 0 Å². The van der Waals surface area contributed by atoms with Gasteiger partial charge in [0.15, 0.2) is 0 Å². The average molecular weight is 352 g/mol. The van der Waals surface area contributed by atoms with E-state index < -0.39 is 0 Å². The normalized spacial score (nSPS) is 21.1. The van der Waals surface area contributed by atoms with Gasteiger partial charge in [0, 0.05) is 22.2 Å². The molecule has 1 aliphatic rings. The predicted molar refractivity (Wildman–Crippen MR) is 99.1 cm³/mol. The van der Waals surface area contributed by atoms with Gasteiger partial charge in [-0.3, -0.25) is 4.79 Å². The van der Waals surface area contributed by atoms with Crippen molar-refractivity contribution in [2.24, 2.45) is 11.8 Å². The van der Waals surface area contributed by atoms with E-state index in [0.717, 1.165) is 25.7 Å². The fourth-order valence-corrected chi connectivity index (χ4v) is 3.71. The van der Waals surface area contributed by atoms with Crippen molar-refractivity contribution in [1.82, 2.24) is 0 Å². The first kappa shape index (κ1) is 18.1. The van der Waals surface area contributed by atoms with Crippen LogP contribution in [0.3, 0.4) is 0 Å². The summed E-state index contributed by atoms with van der Waals surface area (Å²) in [6.07, 6.45) is 8.97. The minimum Gasteiger partial charge on any atom is -0.326 e. The number of hydrogen-bond donors (Lipinski definition) is 1. The summed E-state index contributed by atoms with van der Waals surface area (Å²) < 4.78 is 0. The summed E-state index contributed by atoms with van der Waals surface area (Å²) in [6.45, 7) is 6.30. The molecular weight excluding hydrogens is 329 g/mol. The molecule has 1 fully saturated rings. The van der Waals surface area contributed by atoms with Crippen LogP contribution in [0.1, 0.15) is 39.0 Å². The van der Waals surface area contributed by atoms with E-state index >= 15 is 0 Å². The Morgan fingerprint density at radius 3 is 2.65 bits per heavy atom. The van der Waals surface area contributed by atoms with Gasteiger partial charge in [-0.05, 0) is 55.7 Å². The molecule has 2 nitrogen and oxygen atoms in total. The monoisotopic (exact) mass is 351 g/mol. The van der Waals surface area contributed by atoms with Gasteiger partial charge in [-0.15, -0.1) is 0 Å². The summed E-state index contributed by atoms with van der Waals surface area (Å²) in [5.41, 5.74) is 1.92. The Kier molecular flexibility index (Phi) is 6.73. The van der Waals surface area contributed by atoms with Gasteiger partial charge < -0.3 is 5.32 Å². The number of carbonyl (C=O) groups is 1. The molecule has 0 bridgehead atoms. The minimum absolute atomic E-state index is 0.00695. The maximum atomic E-state index is 12.3. The maximum absolute atomic E-state index is 12.3. The molecule has 1 saturated carbocycles. The lowest BCUT2D eigenvalue weighted by Crippen LogP contribution is -2.19. The molecule has 1 aliphatic carbocycles. The van der Waals surface area contributed by atoms with Gasteiger partial charge >= 0.3 is 0 Å². The molecule has 4 heteroatoms. The number of benzene rings is 1. The number of allylic oxidation sites excluding steroid dienone is 3. The summed E-state index contributed by atoms with van der Waals surface area (Å²) >= 11 is 11.9. The number of hydrogen-bond acceptors (Lipinski definition) is 1. The fourth-order valence-electron chi connectivity index (χ4n) is 3.18. The molecule has 0 unspecified atom stereocenters. The van der Waals surface area contributed by atoms with Crippen molar-refractivity contribution < 1.29 is 4.79 Å². The van der Waals surface area contributed by atoms with Crippen molar-refractivity contribution in [2.75, 3.05) is 5.32 Å². The molecule has 0 spiro atoms. The highest BCUT2D eigenvalue weighted by Gasteiger charge is 2.30. The Morgan fingerprint density at radius 1 is 1.30 bits per heavy atom. The lowest BCUT2D eigenvalue weighted by atomic mass is 9.88. The van der Waals surface area contributed by atoms with Gasteiger partial charge in [0.1, 0.15) is 0 Å². The number of nitrogens with one attached hydrogen (secondary N) is 1. The molecule has 2 atom stereocenters. The second-order valence-corrected chi connectivity index (χ2v) is 6.96. The summed E-state index contributed by atoms with van der Waals surface area (Å²) in [4.78, 5) is 12.3. The maximum Gasteiger partial charge on any atom is 0.224 e. The summed E-state index contributed by atoms with van der Waals surface area (Å²) in [5, 5.41) is 3.93. The summed E-state index contributed by atoms with van der Waals surface area (Å²) in [5.74, 6) is 0.776. The van der Waals surface area contributed by atoms with Crippen molar-refractivity contribution in [1.29, 1.82) is 0 Å². The number of rotatable bonds is 6. The van der Waals surface area contributed by atoms with Crippen LogP contribution in [0.4, 0.5) is 5.69 Å². The van der Waals surface area contributed by atoms with Crippen molar-refractivity contribution in [2.45, 2.75) is 39.0 Å². The van der Waals surface area contributed by atoms with Crippen LogP contribution in [-0.2, 0) is 4.79 Å². The van der Waals surface area contributed by atoms with Crippen molar-refractivity contribution >= 4 is 34.8 Å². The Labute approximate surface area is 148 Å².